The van der Waals surface area contributed by atoms with E-state index in [0.717, 1.165) is 51.2 Å². The van der Waals surface area contributed by atoms with Crippen molar-refractivity contribution in [2.75, 3.05) is 33.4 Å². The van der Waals surface area contributed by atoms with E-state index >= 15 is 0 Å². The van der Waals surface area contributed by atoms with Crippen molar-refractivity contribution in [3.05, 3.63) is 35.1 Å². The second kappa shape index (κ2) is 11.8. The summed E-state index contributed by atoms with van der Waals surface area (Å²) in [5.41, 5.74) is -1.02. The van der Waals surface area contributed by atoms with Crippen LogP contribution in [0.4, 0.5) is 17.6 Å². The number of aliphatic imine (C=N–C) groups is 1. The summed E-state index contributed by atoms with van der Waals surface area (Å²) in [6.07, 6.45) is -1.56. The number of hydrogen-bond donors (Lipinski definition) is 1. The molecule has 9 heteroatoms. The molecule has 1 aromatic carbocycles. The monoisotopic (exact) mass is 517 g/mol. The molecular formula is C19H28F4IN3O. The first-order valence-corrected chi connectivity index (χ1v) is 9.24. The molecule has 1 N–H and O–H groups in total. The lowest BCUT2D eigenvalue weighted by molar-refractivity contribution is -0.138. The van der Waals surface area contributed by atoms with Gasteiger partial charge in [0.05, 0.1) is 12.1 Å². The second-order valence-corrected chi connectivity index (χ2v) is 6.74. The number of alkyl halides is 3. The van der Waals surface area contributed by atoms with E-state index in [1.807, 2.05) is 18.9 Å². The van der Waals surface area contributed by atoms with Gasteiger partial charge in [-0.15, -0.1) is 24.0 Å². The van der Waals surface area contributed by atoms with Gasteiger partial charge in [0.25, 0.3) is 0 Å². The van der Waals surface area contributed by atoms with Crippen molar-refractivity contribution in [2.45, 2.75) is 38.9 Å². The maximum Gasteiger partial charge on any atom is 0.416 e. The number of ether oxygens (including phenoxy) is 1. The molecule has 1 aliphatic heterocycles. The van der Waals surface area contributed by atoms with Gasteiger partial charge in [0.15, 0.2) is 5.96 Å². The van der Waals surface area contributed by atoms with Crippen molar-refractivity contribution in [3.8, 4) is 0 Å². The Morgan fingerprint density at radius 2 is 1.96 bits per heavy atom. The van der Waals surface area contributed by atoms with Crippen LogP contribution in [0.1, 0.15) is 37.3 Å². The minimum atomic E-state index is -4.61. The molecule has 0 saturated carbocycles. The average Bonchev–Trinajstić information content (AvgIpc) is 2.64. The van der Waals surface area contributed by atoms with E-state index in [1.54, 1.807) is 0 Å². The van der Waals surface area contributed by atoms with Crippen LogP contribution in [0.2, 0.25) is 0 Å². The molecule has 0 radical (unpaired) electrons. The van der Waals surface area contributed by atoms with Crippen molar-refractivity contribution in [2.24, 2.45) is 10.9 Å². The van der Waals surface area contributed by atoms with Crippen LogP contribution in [0.15, 0.2) is 23.2 Å². The van der Waals surface area contributed by atoms with Gasteiger partial charge in [-0.25, -0.2) is 9.38 Å². The number of nitrogens with zero attached hydrogens (tertiary/aromatic N) is 2. The van der Waals surface area contributed by atoms with Gasteiger partial charge in [-0.2, -0.15) is 13.2 Å². The van der Waals surface area contributed by atoms with E-state index in [0.29, 0.717) is 24.5 Å². The maximum absolute atomic E-state index is 13.2. The first-order chi connectivity index (χ1) is 12.8. The highest BCUT2D eigenvalue weighted by atomic mass is 127. The van der Waals surface area contributed by atoms with Crippen LogP contribution < -0.4 is 5.32 Å². The van der Waals surface area contributed by atoms with E-state index < -0.39 is 17.6 Å². The third-order valence-corrected chi connectivity index (χ3v) is 4.69. The molecule has 0 amide bonds. The molecule has 0 atom stereocenters. The minimum Gasteiger partial charge on any atom is -0.381 e. The summed E-state index contributed by atoms with van der Waals surface area (Å²) in [6.45, 7) is 4.67. The molecule has 0 spiro atoms. The van der Waals surface area contributed by atoms with Crippen molar-refractivity contribution >= 4 is 29.9 Å². The molecule has 0 aliphatic carbocycles. The van der Waals surface area contributed by atoms with Gasteiger partial charge in [-0.05, 0) is 49.8 Å². The summed E-state index contributed by atoms with van der Waals surface area (Å²) >= 11 is 0. The Morgan fingerprint density at radius 3 is 2.57 bits per heavy atom. The summed E-state index contributed by atoms with van der Waals surface area (Å²) in [6, 6.07) is 2.70. The van der Waals surface area contributed by atoms with Crippen molar-refractivity contribution in [1.29, 1.82) is 0 Å². The molecule has 2 rings (SSSR count). The molecule has 4 nitrogen and oxygen atoms in total. The average molecular weight is 517 g/mol. The molecule has 160 valence electrons. The lowest BCUT2D eigenvalue weighted by Crippen LogP contribution is -2.40. The number of nitrogens with one attached hydrogen (secondary N) is 1. The minimum absolute atomic E-state index is 0. The molecule has 1 fully saturated rings. The fourth-order valence-electron chi connectivity index (χ4n) is 3.10. The Kier molecular flexibility index (Phi) is 10.5. The highest BCUT2D eigenvalue weighted by molar-refractivity contribution is 14.0. The molecule has 1 heterocycles. The highest BCUT2D eigenvalue weighted by Crippen LogP contribution is 2.32. The smallest absolute Gasteiger partial charge is 0.381 e. The normalized spacial score (nSPS) is 15.9. The molecule has 1 aliphatic rings. The molecular weight excluding hydrogens is 489 g/mol. The maximum atomic E-state index is 13.2. The van der Waals surface area contributed by atoms with Gasteiger partial charge in [0.2, 0.25) is 0 Å². The highest BCUT2D eigenvalue weighted by Gasteiger charge is 2.33. The summed E-state index contributed by atoms with van der Waals surface area (Å²) in [5.74, 6) is 0.232. The van der Waals surface area contributed by atoms with E-state index in [1.165, 1.54) is 0 Å². The van der Waals surface area contributed by atoms with Crippen molar-refractivity contribution < 1.29 is 22.3 Å². The van der Waals surface area contributed by atoms with Crippen LogP contribution in [-0.2, 0) is 17.5 Å². The Bertz CT molecular complexity index is 634. The fourth-order valence-corrected chi connectivity index (χ4v) is 3.10. The Labute approximate surface area is 180 Å². The first kappa shape index (κ1) is 24.9. The molecule has 1 saturated heterocycles. The number of hydrogen-bond acceptors (Lipinski definition) is 2. The Balaban J connectivity index is 0.00000392. The molecule has 0 aromatic heterocycles. The van der Waals surface area contributed by atoms with Gasteiger partial charge < -0.3 is 15.0 Å². The molecule has 28 heavy (non-hydrogen) atoms. The van der Waals surface area contributed by atoms with Crippen molar-refractivity contribution in [1.82, 2.24) is 10.2 Å². The summed E-state index contributed by atoms with van der Waals surface area (Å²) in [7, 11) is 1.87. The second-order valence-electron chi connectivity index (χ2n) is 6.74. The van der Waals surface area contributed by atoms with Gasteiger partial charge >= 0.3 is 6.18 Å². The van der Waals surface area contributed by atoms with E-state index in [9.17, 15) is 17.6 Å². The summed E-state index contributed by atoms with van der Waals surface area (Å²) in [5, 5.41) is 3.11. The van der Waals surface area contributed by atoms with Gasteiger partial charge in [-0.1, -0.05) is 6.07 Å². The van der Waals surface area contributed by atoms with Crippen LogP contribution in [-0.4, -0.2) is 44.2 Å². The predicted molar refractivity (Wildman–Crippen MR) is 112 cm³/mol. The Hall–Kier alpha value is -1.10. The zero-order chi connectivity index (χ0) is 19.9. The standard InChI is InChI=1S/C19H27F4N3O.HI/c1-3-24-18(26(2)9-6-14-7-10-27-11-8-14)25-13-15-4-5-16(20)12-17(15)19(21,22)23;/h4-5,12,14H,3,6-11,13H2,1-2H3,(H,24,25);1H. The fraction of sp³-hybridized carbons (Fsp3) is 0.632. The van der Waals surface area contributed by atoms with E-state index in [-0.39, 0.29) is 36.1 Å². The number of halogens is 5. The van der Waals surface area contributed by atoms with Crippen LogP contribution in [0.3, 0.4) is 0 Å². The van der Waals surface area contributed by atoms with Crippen LogP contribution in [0, 0.1) is 11.7 Å². The largest absolute Gasteiger partial charge is 0.416 e. The molecule has 0 bridgehead atoms. The zero-order valence-corrected chi connectivity index (χ0v) is 18.5. The van der Waals surface area contributed by atoms with Gasteiger partial charge in [0.1, 0.15) is 5.82 Å². The number of benzene rings is 1. The topological polar surface area (TPSA) is 36.9 Å². The van der Waals surface area contributed by atoms with Crippen molar-refractivity contribution in [3.63, 3.8) is 0 Å². The lowest BCUT2D eigenvalue weighted by atomic mass is 9.96. The number of rotatable bonds is 6. The summed E-state index contributed by atoms with van der Waals surface area (Å²) < 4.78 is 58.0. The van der Waals surface area contributed by atoms with Crippen LogP contribution in [0.25, 0.3) is 0 Å². The quantitative estimate of drug-likeness (QED) is 0.258. The third-order valence-electron chi connectivity index (χ3n) is 4.69. The zero-order valence-electron chi connectivity index (χ0n) is 16.2. The van der Waals surface area contributed by atoms with E-state index in [2.05, 4.69) is 10.3 Å². The van der Waals surface area contributed by atoms with Gasteiger partial charge in [-0.3, -0.25) is 0 Å². The third kappa shape index (κ3) is 7.73. The SMILES string of the molecule is CCNC(=NCc1ccc(F)cc1C(F)(F)F)N(C)CCC1CCOCC1.I. The van der Waals surface area contributed by atoms with Crippen LogP contribution in [0.5, 0.6) is 0 Å². The number of guanidine groups is 1. The summed E-state index contributed by atoms with van der Waals surface area (Å²) in [4.78, 5) is 6.26. The predicted octanol–water partition coefficient (Wildman–Crippen LogP) is 4.68. The molecule has 0 unspecified atom stereocenters. The van der Waals surface area contributed by atoms with Crippen LogP contribution >= 0.6 is 24.0 Å². The van der Waals surface area contributed by atoms with Gasteiger partial charge in [0, 0.05) is 33.4 Å². The molecule has 1 aromatic rings. The Morgan fingerprint density at radius 1 is 1.29 bits per heavy atom. The first-order valence-electron chi connectivity index (χ1n) is 9.24. The lowest BCUT2D eigenvalue weighted by Gasteiger charge is -2.27. The van der Waals surface area contributed by atoms with E-state index in [4.69, 9.17) is 4.74 Å².